The molecule has 4 unspecified atom stereocenters. The Hall–Kier alpha value is -6.70. The Labute approximate surface area is 475 Å². The molecule has 5 rings (SSSR count). The van der Waals surface area contributed by atoms with E-state index in [-0.39, 0.29) is 68.1 Å². The van der Waals surface area contributed by atoms with Gasteiger partial charge in [0.2, 0.25) is 17.6 Å². The number of benzene rings is 1. The van der Waals surface area contributed by atoms with Gasteiger partial charge >= 0.3 is 5.97 Å². The number of pyridine rings is 2. The lowest BCUT2D eigenvalue weighted by Crippen LogP contribution is -2.54. The molecule has 0 bridgehead atoms. The van der Waals surface area contributed by atoms with Crippen molar-refractivity contribution in [2.45, 2.75) is 62.7 Å². The largest absolute Gasteiger partial charge is 0.481 e. The molecule has 1 fully saturated rings. The third-order valence-electron chi connectivity index (χ3n) is 11.8. The number of thiocarbonyl (C=S) groups is 1. The van der Waals surface area contributed by atoms with Crippen LogP contribution >= 0.6 is 12.2 Å². The maximum atomic E-state index is 12.4. The van der Waals surface area contributed by atoms with Crippen molar-refractivity contribution < 1.29 is 71.7 Å². The summed E-state index contributed by atoms with van der Waals surface area (Å²) in [5, 5.41) is 45.5. The molecule has 4 aromatic rings. The maximum absolute atomic E-state index is 12.4. The summed E-state index contributed by atoms with van der Waals surface area (Å²) in [6.07, 6.45) is 4.47. The fourth-order valence-electron chi connectivity index (χ4n) is 7.75. The van der Waals surface area contributed by atoms with E-state index < -0.39 is 12.0 Å². The molecular weight excluding hydrogens is 1080 g/mol. The lowest BCUT2D eigenvalue weighted by Gasteiger charge is -2.30. The molecule has 81 heavy (non-hydrogen) atoms. The molecule has 27 nitrogen and oxygen atoms in total. The average Bonchev–Trinajstić information content (AvgIpc) is 3.55. The van der Waals surface area contributed by atoms with Crippen molar-refractivity contribution in [3.63, 3.8) is 0 Å². The summed E-state index contributed by atoms with van der Waals surface area (Å²) in [5.74, 6) is -0.755. The van der Waals surface area contributed by atoms with Crippen molar-refractivity contribution in [3.8, 4) is 23.0 Å². The summed E-state index contributed by atoms with van der Waals surface area (Å²) in [6, 6.07) is 14.9. The first-order valence-corrected chi connectivity index (χ1v) is 27.1. The topological polar surface area (TPSA) is 338 Å². The molecule has 0 spiro atoms. The van der Waals surface area contributed by atoms with Gasteiger partial charge in [-0.05, 0) is 67.0 Å². The number of aliphatic carboxylic acids is 1. The minimum atomic E-state index is -0.968. The van der Waals surface area contributed by atoms with Crippen LogP contribution in [0.5, 0.6) is 0 Å². The molecule has 3 aromatic heterocycles. The Morgan fingerprint density at radius 1 is 0.605 bits per heavy atom. The number of carboxylic acids is 1. The zero-order valence-electron chi connectivity index (χ0n) is 45.2. The molecule has 0 radical (unpaired) electrons. The number of ketones is 1. The number of anilines is 2. The molecule has 1 saturated heterocycles. The predicted molar refractivity (Wildman–Crippen MR) is 297 cm³/mol. The third kappa shape index (κ3) is 28.5. The SMILES string of the molecule is O=COCC1CNC(CC(=O)O)C(Cc2ccc(NC(=S)NCCOCCOCCOCCOCCOCCOCCOCCCC(=O)CCC(=O)Nc3ccc(-c4nnc(-c5ccccn5)nn4)nc3)cc2)NC(COC=O)CN1. The molecule has 0 aliphatic carbocycles. The normalized spacial score (nSPS) is 16.2. The highest BCUT2D eigenvalue weighted by Crippen LogP contribution is 2.17. The summed E-state index contributed by atoms with van der Waals surface area (Å²) in [5.41, 5.74) is 3.18. The number of aromatic nitrogens is 6. The molecule has 4 atom stereocenters. The number of carboxylic acid groups (broad SMARTS) is 1. The Morgan fingerprint density at radius 2 is 1.16 bits per heavy atom. The van der Waals surface area contributed by atoms with Gasteiger partial charge in [-0.3, -0.25) is 33.9 Å². The lowest BCUT2D eigenvalue weighted by atomic mass is 9.95. The van der Waals surface area contributed by atoms with Gasteiger partial charge in [0.05, 0.1) is 116 Å². The molecule has 1 aliphatic rings. The van der Waals surface area contributed by atoms with E-state index in [9.17, 15) is 29.1 Å². The van der Waals surface area contributed by atoms with Gasteiger partial charge in [0, 0.05) is 69.5 Å². The Morgan fingerprint density at radius 3 is 1.72 bits per heavy atom. The first-order valence-electron chi connectivity index (χ1n) is 26.7. The number of Topliss-reactive ketones (excluding diaryl/α,β-unsaturated/α-hetero) is 1. The second-order valence-corrected chi connectivity index (χ2v) is 18.4. The number of nitrogens with one attached hydrogen (secondary N) is 6. The molecule has 442 valence electrons. The highest BCUT2D eigenvalue weighted by molar-refractivity contribution is 7.80. The van der Waals surface area contributed by atoms with E-state index >= 15 is 0 Å². The van der Waals surface area contributed by atoms with Crippen LogP contribution in [0.1, 0.15) is 37.7 Å². The number of nitrogens with zero attached hydrogens (tertiary/aromatic N) is 6. The van der Waals surface area contributed by atoms with Gasteiger partial charge in [0.25, 0.3) is 12.9 Å². The van der Waals surface area contributed by atoms with Gasteiger partial charge in [-0.1, -0.05) is 18.2 Å². The highest BCUT2D eigenvalue weighted by Gasteiger charge is 2.30. The molecule has 0 saturated carbocycles. The number of hydrogen-bond donors (Lipinski definition) is 7. The van der Waals surface area contributed by atoms with Gasteiger partial charge in [-0.15, -0.1) is 20.4 Å². The molecule has 1 amide bonds. The van der Waals surface area contributed by atoms with Crippen LogP contribution < -0.4 is 31.9 Å². The molecule has 1 aromatic carbocycles. The minimum Gasteiger partial charge on any atom is -0.481 e. The highest BCUT2D eigenvalue weighted by atomic mass is 32.1. The van der Waals surface area contributed by atoms with Crippen LogP contribution in [0.25, 0.3) is 23.0 Å². The van der Waals surface area contributed by atoms with Crippen LogP contribution in [-0.4, -0.2) is 221 Å². The van der Waals surface area contributed by atoms with E-state index in [1.54, 1.807) is 30.5 Å². The van der Waals surface area contributed by atoms with Gasteiger partial charge in [0.15, 0.2) is 5.11 Å². The second-order valence-electron chi connectivity index (χ2n) is 18.0. The first-order chi connectivity index (χ1) is 39.7. The zero-order chi connectivity index (χ0) is 57.4. The number of rotatable bonds is 42. The standard InChI is InChI=1S/C53H74N12O15S/c66-37-79-35-42-33-58-47(31-50(70)71)48(59-43(34-56-42)36-80-38-67)30-39-6-8-40(9-7-39)61-53(81)55-15-17-73-19-21-75-23-25-77-27-29-78-28-26-76-24-22-74-20-18-72-16-3-4-44(68)11-13-49(69)60-41-10-12-46(57-32-41)52-64-62-51(63-65-52)45-5-1-2-14-54-45/h1-2,5-10,12,14,32,37-38,42-43,47-48,56,58-59H,3-4,11,13,15-31,33-36H2,(H,60,69)(H,70,71)(H2,55,61,81). The van der Waals surface area contributed by atoms with E-state index in [0.29, 0.717) is 172 Å². The molecule has 7 N–H and O–H groups in total. The monoisotopic (exact) mass is 1150 g/mol. The Balaban J connectivity index is 0.757. The molecule has 4 heterocycles. The number of hydrogen-bond acceptors (Lipinski definition) is 24. The Kier molecular flexibility index (Phi) is 32.5. The third-order valence-corrected chi connectivity index (χ3v) is 12.0. The average molecular weight is 1150 g/mol. The number of carbonyl (C=O) groups is 5. The van der Waals surface area contributed by atoms with Crippen molar-refractivity contribution in [1.82, 2.24) is 51.6 Å². The summed E-state index contributed by atoms with van der Waals surface area (Å²) in [7, 11) is 0. The summed E-state index contributed by atoms with van der Waals surface area (Å²) in [4.78, 5) is 66.8. The van der Waals surface area contributed by atoms with Crippen LogP contribution in [0.3, 0.4) is 0 Å². The van der Waals surface area contributed by atoms with E-state index in [1.165, 1.54) is 6.20 Å². The molecule has 1 aliphatic heterocycles. The van der Waals surface area contributed by atoms with Crippen molar-refractivity contribution in [2.75, 3.05) is 136 Å². The second kappa shape index (κ2) is 40.5. The van der Waals surface area contributed by atoms with Crippen LogP contribution in [-0.2, 0) is 73.0 Å². The van der Waals surface area contributed by atoms with Crippen LogP contribution in [0.4, 0.5) is 11.4 Å². The fraction of sp³-hybridized carbons (Fsp3) is 0.547. The predicted octanol–water partition coefficient (Wildman–Crippen LogP) is 1.18. The van der Waals surface area contributed by atoms with Gasteiger partial charge in [-0.25, -0.2) is 0 Å². The van der Waals surface area contributed by atoms with E-state index in [2.05, 4.69) is 62.3 Å². The smallest absolute Gasteiger partial charge is 0.304 e. The van der Waals surface area contributed by atoms with Gasteiger partial charge < -0.3 is 79.6 Å². The fourth-order valence-corrected chi connectivity index (χ4v) is 7.97. The summed E-state index contributed by atoms with van der Waals surface area (Å²) < 4.78 is 48.9. The lowest BCUT2D eigenvalue weighted by molar-refractivity contribution is -0.137. The summed E-state index contributed by atoms with van der Waals surface area (Å²) >= 11 is 5.45. The number of amides is 1. The number of ether oxygens (including phenoxy) is 9. The van der Waals surface area contributed by atoms with Crippen molar-refractivity contribution >= 4 is 59.3 Å². The van der Waals surface area contributed by atoms with Crippen LogP contribution in [0.2, 0.25) is 0 Å². The molecular formula is C53H74N12O15S. The minimum absolute atomic E-state index is 0.0195. The van der Waals surface area contributed by atoms with Gasteiger partial charge in [-0.2, -0.15) is 0 Å². The van der Waals surface area contributed by atoms with Crippen LogP contribution in [0.15, 0.2) is 67.0 Å². The summed E-state index contributed by atoms with van der Waals surface area (Å²) in [6.45, 7) is 7.99. The Bertz CT molecular complexity index is 2410. The maximum Gasteiger partial charge on any atom is 0.304 e. The van der Waals surface area contributed by atoms with Crippen molar-refractivity contribution in [1.29, 1.82) is 0 Å². The quantitative estimate of drug-likeness (QED) is 0.0186. The number of carbonyl (C=O) groups excluding carboxylic acids is 4. The van der Waals surface area contributed by atoms with Gasteiger partial charge in [0.1, 0.15) is 30.4 Å². The van der Waals surface area contributed by atoms with Crippen LogP contribution in [0, 0.1) is 0 Å². The van der Waals surface area contributed by atoms with E-state index in [1.807, 2.05) is 30.3 Å². The molecule has 28 heteroatoms. The van der Waals surface area contributed by atoms with E-state index in [0.717, 1.165) is 11.3 Å². The van der Waals surface area contributed by atoms with E-state index in [4.69, 9.17) is 54.8 Å². The zero-order valence-corrected chi connectivity index (χ0v) is 46.1. The van der Waals surface area contributed by atoms with Crippen molar-refractivity contribution in [3.05, 3.63) is 72.6 Å². The first kappa shape index (κ1) is 65.1. The van der Waals surface area contributed by atoms with Crippen molar-refractivity contribution in [2.24, 2.45) is 0 Å².